The van der Waals surface area contributed by atoms with E-state index in [4.69, 9.17) is 0 Å². The summed E-state index contributed by atoms with van der Waals surface area (Å²) in [5, 5.41) is 5.08. The Morgan fingerprint density at radius 3 is 1.73 bits per heavy atom. The molecule has 0 spiro atoms. The predicted molar refractivity (Wildman–Crippen MR) is 250 cm³/mol. The summed E-state index contributed by atoms with van der Waals surface area (Å²) in [5.41, 5.74) is 19.7. The van der Waals surface area contributed by atoms with Crippen molar-refractivity contribution in [3.63, 3.8) is 0 Å². The quantitative estimate of drug-likeness (QED) is 0.164. The Balaban J connectivity index is 1.11. The number of aromatic nitrogens is 1. The molecule has 12 rings (SSSR count). The third-order valence-corrected chi connectivity index (χ3v) is 12.9. The Hall–Kier alpha value is -7.42. The van der Waals surface area contributed by atoms with E-state index in [1.54, 1.807) is 0 Å². The maximum atomic E-state index is 2.49. The molecule has 0 radical (unpaired) electrons. The lowest BCUT2D eigenvalue weighted by Gasteiger charge is -2.28. The highest BCUT2D eigenvalue weighted by molar-refractivity contribution is 6.26. The molecule has 0 bridgehead atoms. The van der Waals surface area contributed by atoms with Crippen LogP contribution in [0.1, 0.15) is 25.0 Å². The minimum absolute atomic E-state index is 0.106. The van der Waals surface area contributed by atoms with Crippen LogP contribution in [-0.2, 0) is 5.41 Å². The van der Waals surface area contributed by atoms with Crippen molar-refractivity contribution in [2.45, 2.75) is 19.3 Å². The van der Waals surface area contributed by atoms with Crippen LogP contribution in [-0.4, -0.2) is 4.40 Å². The van der Waals surface area contributed by atoms with Gasteiger partial charge in [0.25, 0.3) is 0 Å². The zero-order valence-electron chi connectivity index (χ0n) is 33.0. The van der Waals surface area contributed by atoms with Gasteiger partial charge in [-0.1, -0.05) is 172 Å². The first-order valence-electron chi connectivity index (χ1n) is 20.6. The van der Waals surface area contributed by atoms with E-state index >= 15 is 0 Å². The Kier molecular flexibility index (Phi) is 7.31. The fourth-order valence-electron chi connectivity index (χ4n) is 10.3. The van der Waals surface area contributed by atoms with Gasteiger partial charge in [-0.15, -0.1) is 0 Å². The van der Waals surface area contributed by atoms with E-state index in [0.29, 0.717) is 0 Å². The largest absolute Gasteiger partial charge is 0.310 e. The van der Waals surface area contributed by atoms with Crippen molar-refractivity contribution in [2.75, 3.05) is 4.90 Å². The highest BCUT2D eigenvalue weighted by Gasteiger charge is 2.37. The van der Waals surface area contributed by atoms with Crippen LogP contribution in [0.2, 0.25) is 0 Å². The third-order valence-electron chi connectivity index (χ3n) is 12.9. The maximum absolute atomic E-state index is 2.49. The average molecular weight is 753 g/mol. The van der Waals surface area contributed by atoms with E-state index in [0.717, 1.165) is 17.1 Å². The highest BCUT2D eigenvalue weighted by atomic mass is 15.1. The molecular formula is C57H40N2. The molecule has 9 aromatic carbocycles. The molecule has 11 aromatic rings. The summed E-state index contributed by atoms with van der Waals surface area (Å²) in [6.45, 7) is 4.74. The summed E-state index contributed by atoms with van der Waals surface area (Å²) in [6.07, 6.45) is 0. The second-order valence-electron chi connectivity index (χ2n) is 16.5. The second-order valence-corrected chi connectivity index (χ2v) is 16.5. The molecule has 0 amide bonds. The van der Waals surface area contributed by atoms with Crippen LogP contribution in [0, 0.1) is 0 Å². The molecule has 2 nitrogen and oxygen atoms in total. The zero-order chi connectivity index (χ0) is 39.2. The number of para-hydroxylation sites is 2. The van der Waals surface area contributed by atoms with Crippen LogP contribution in [0.4, 0.5) is 17.1 Å². The molecule has 0 N–H and O–H groups in total. The first-order valence-corrected chi connectivity index (χ1v) is 20.6. The van der Waals surface area contributed by atoms with Gasteiger partial charge in [0.2, 0.25) is 0 Å². The van der Waals surface area contributed by atoms with Crippen LogP contribution in [0.3, 0.4) is 0 Å². The lowest BCUT2D eigenvalue weighted by Crippen LogP contribution is -2.16. The smallest absolute Gasteiger partial charge is 0.0621 e. The van der Waals surface area contributed by atoms with Gasteiger partial charge in [0.1, 0.15) is 0 Å². The van der Waals surface area contributed by atoms with E-state index in [9.17, 15) is 0 Å². The predicted octanol–water partition coefficient (Wildman–Crippen LogP) is 15.6. The average Bonchev–Trinajstić information content (AvgIpc) is 3.91. The van der Waals surface area contributed by atoms with Crippen molar-refractivity contribution in [1.82, 2.24) is 4.40 Å². The van der Waals surface area contributed by atoms with Crippen molar-refractivity contribution in [1.29, 1.82) is 0 Å². The zero-order valence-corrected chi connectivity index (χ0v) is 33.0. The SMILES string of the molecule is CC1(C)c2ccccc2-c2cccc(-c3ccc(N(c4cc(-c5ccccc5)cc(-c5ccccc5)c4)c4cccc5c4c4cccc6c7ccccc7n5c64)cc3)c21. The fourth-order valence-corrected chi connectivity index (χ4v) is 10.3. The molecule has 2 heterocycles. The second kappa shape index (κ2) is 12.8. The molecule has 278 valence electrons. The van der Waals surface area contributed by atoms with Crippen LogP contribution >= 0.6 is 0 Å². The van der Waals surface area contributed by atoms with Gasteiger partial charge in [-0.25, -0.2) is 0 Å². The van der Waals surface area contributed by atoms with Crippen LogP contribution in [0.5, 0.6) is 0 Å². The lowest BCUT2D eigenvalue weighted by molar-refractivity contribution is 0.662. The van der Waals surface area contributed by atoms with Gasteiger partial charge in [0, 0.05) is 38.3 Å². The molecular weight excluding hydrogens is 713 g/mol. The first kappa shape index (κ1) is 33.7. The molecule has 0 unspecified atom stereocenters. The number of rotatable bonds is 6. The molecule has 1 aliphatic carbocycles. The number of anilines is 3. The lowest BCUT2D eigenvalue weighted by atomic mass is 9.79. The van der Waals surface area contributed by atoms with Crippen LogP contribution < -0.4 is 4.90 Å². The molecule has 2 aromatic heterocycles. The van der Waals surface area contributed by atoms with E-state index < -0.39 is 0 Å². The Bertz CT molecular complexity index is 3330. The standard InChI is InChI=1S/C57H40N2/c1-57(2)50-26-11-9-20-45(50)47-23-13-22-44(55(47)57)39-30-32-42(33-31-39)58(43-35-40(37-16-5-3-6-17-37)34-41(36-43)38-18-7-4-8-19-38)52-28-15-29-53-54(52)49-25-14-24-48-46-21-10-12-27-51(46)59(53)56(48)49/h3-36H,1-2H3. The summed E-state index contributed by atoms with van der Waals surface area (Å²) in [4.78, 5) is 2.49. The number of hydrogen-bond donors (Lipinski definition) is 0. The molecule has 0 atom stereocenters. The molecule has 59 heavy (non-hydrogen) atoms. The van der Waals surface area contributed by atoms with Crippen molar-refractivity contribution in [2.24, 2.45) is 0 Å². The number of hydrogen-bond acceptors (Lipinski definition) is 1. The highest BCUT2D eigenvalue weighted by Crippen LogP contribution is 2.53. The van der Waals surface area contributed by atoms with Gasteiger partial charge in [-0.2, -0.15) is 0 Å². The van der Waals surface area contributed by atoms with Crippen molar-refractivity contribution in [3.05, 3.63) is 217 Å². The summed E-state index contributed by atoms with van der Waals surface area (Å²) < 4.78 is 2.48. The molecule has 0 saturated heterocycles. The molecule has 0 fully saturated rings. The van der Waals surface area contributed by atoms with Gasteiger partial charge >= 0.3 is 0 Å². The third kappa shape index (κ3) is 5.00. The minimum Gasteiger partial charge on any atom is -0.310 e. The monoisotopic (exact) mass is 752 g/mol. The van der Waals surface area contributed by atoms with Gasteiger partial charge in [-0.05, 0) is 104 Å². The van der Waals surface area contributed by atoms with E-state index in [1.165, 1.54) is 93.7 Å². The van der Waals surface area contributed by atoms with E-state index in [-0.39, 0.29) is 5.41 Å². The molecule has 0 saturated carbocycles. The molecule has 2 heteroatoms. The van der Waals surface area contributed by atoms with Gasteiger partial charge in [0.15, 0.2) is 0 Å². The Morgan fingerprint density at radius 2 is 0.966 bits per heavy atom. The summed E-state index contributed by atoms with van der Waals surface area (Å²) >= 11 is 0. The van der Waals surface area contributed by atoms with Crippen LogP contribution in [0.15, 0.2) is 206 Å². The van der Waals surface area contributed by atoms with Gasteiger partial charge in [-0.3, -0.25) is 0 Å². The number of nitrogens with zero attached hydrogens (tertiary/aromatic N) is 2. The van der Waals surface area contributed by atoms with Crippen molar-refractivity contribution >= 4 is 55.2 Å². The van der Waals surface area contributed by atoms with Gasteiger partial charge in [0.05, 0.1) is 22.2 Å². The molecule has 1 aliphatic rings. The first-order chi connectivity index (χ1) is 29.0. The van der Waals surface area contributed by atoms with Gasteiger partial charge < -0.3 is 9.30 Å². The van der Waals surface area contributed by atoms with Crippen molar-refractivity contribution < 1.29 is 0 Å². The minimum atomic E-state index is -0.106. The number of fused-ring (bicyclic) bond motifs is 9. The maximum Gasteiger partial charge on any atom is 0.0621 e. The topological polar surface area (TPSA) is 7.65 Å². The van der Waals surface area contributed by atoms with Crippen LogP contribution in [0.25, 0.3) is 82.6 Å². The summed E-state index contributed by atoms with van der Waals surface area (Å²) in [7, 11) is 0. The van der Waals surface area contributed by atoms with E-state index in [2.05, 4.69) is 229 Å². The number of benzene rings is 9. The normalized spacial score (nSPS) is 13.1. The Labute approximate surface area is 344 Å². The molecule has 0 aliphatic heterocycles. The van der Waals surface area contributed by atoms with Crippen molar-refractivity contribution in [3.8, 4) is 44.5 Å². The Morgan fingerprint density at radius 1 is 0.390 bits per heavy atom. The van der Waals surface area contributed by atoms with E-state index in [1.807, 2.05) is 0 Å². The fraction of sp³-hybridized carbons (Fsp3) is 0.0526. The summed E-state index contributed by atoms with van der Waals surface area (Å²) in [5.74, 6) is 0. The summed E-state index contributed by atoms with van der Waals surface area (Å²) in [6, 6.07) is 76.1.